The standard InChI is InChI=1S/C27H33NO4.Li/c1-2-3-4-5-6-7-11-25(29)21-13-12-19-14-15-23(28-24(19)17-21)18-26(30)20-9-8-10-22(16-20)27(31)32;/h8-10,12-17,25-26,29-30H,2-7,11,18H2,1H3,(H,31,32);/q;+1/p-1. The fraction of sp³-hybridized carbons (Fsp3) is 0.407. The molecule has 170 valence electrons. The second kappa shape index (κ2) is 13.5. The third-order valence-corrected chi connectivity index (χ3v) is 5.90. The van der Waals surface area contributed by atoms with Gasteiger partial charge in [-0.3, -0.25) is 4.98 Å². The maximum Gasteiger partial charge on any atom is 1.00 e. The van der Waals surface area contributed by atoms with Crippen LogP contribution < -0.4 is 24.0 Å². The smallest absolute Gasteiger partial charge is 0.545 e. The average Bonchev–Trinajstić information content (AvgIpc) is 2.80. The van der Waals surface area contributed by atoms with Gasteiger partial charge in [0.15, 0.2) is 0 Å². The molecule has 5 nitrogen and oxygen atoms in total. The normalized spacial score (nSPS) is 12.8. The predicted octanol–water partition coefficient (Wildman–Crippen LogP) is 1.66. The van der Waals surface area contributed by atoms with Crippen LogP contribution in [0.1, 0.15) is 91.3 Å². The van der Waals surface area contributed by atoms with Crippen molar-refractivity contribution >= 4 is 16.9 Å². The Kier molecular flexibility index (Phi) is 11.1. The number of benzene rings is 2. The maximum absolute atomic E-state index is 11.1. The number of fused-ring (bicyclic) bond motifs is 1. The number of aromatic nitrogens is 1. The fourth-order valence-electron chi connectivity index (χ4n) is 3.97. The van der Waals surface area contributed by atoms with Crippen LogP contribution in [0.25, 0.3) is 10.9 Å². The van der Waals surface area contributed by atoms with Crippen LogP contribution in [0.5, 0.6) is 0 Å². The summed E-state index contributed by atoms with van der Waals surface area (Å²) in [7, 11) is 0. The Bertz CT molecular complexity index is 1040. The first-order valence-electron chi connectivity index (χ1n) is 11.5. The van der Waals surface area contributed by atoms with Gasteiger partial charge in [-0.05, 0) is 41.3 Å². The number of aromatic carboxylic acids is 1. The number of aliphatic hydroxyl groups is 2. The number of hydrogen-bond acceptors (Lipinski definition) is 5. The van der Waals surface area contributed by atoms with E-state index in [1.165, 1.54) is 37.8 Å². The molecule has 3 rings (SSSR count). The molecule has 1 aromatic heterocycles. The van der Waals surface area contributed by atoms with Gasteiger partial charge in [-0.25, -0.2) is 0 Å². The molecule has 0 saturated carbocycles. The Balaban J connectivity index is 0.00000385. The minimum Gasteiger partial charge on any atom is -0.545 e. The Morgan fingerprint density at radius 3 is 2.36 bits per heavy atom. The van der Waals surface area contributed by atoms with Gasteiger partial charge in [0, 0.05) is 17.5 Å². The van der Waals surface area contributed by atoms with Crippen molar-refractivity contribution < 1.29 is 39.0 Å². The third-order valence-electron chi connectivity index (χ3n) is 5.90. The van der Waals surface area contributed by atoms with Crippen LogP contribution in [0.2, 0.25) is 0 Å². The van der Waals surface area contributed by atoms with Gasteiger partial charge in [0.1, 0.15) is 0 Å². The van der Waals surface area contributed by atoms with Gasteiger partial charge >= 0.3 is 18.9 Å². The zero-order valence-corrected chi connectivity index (χ0v) is 19.7. The molecule has 0 aliphatic rings. The van der Waals surface area contributed by atoms with Crippen LogP contribution in [0, 0.1) is 0 Å². The summed E-state index contributed by atoms with van der Waals surface area (Å²) < 4.78 is 0. The van der Waals surface area contributed by atoms with Gasteiger partial charge in [0.25, 0.3) is 0 Å². The van der Waals surface area contributed by atoms with Crippen molar-refractivity contribution in [1.82, 2.24) is 4.98 Å². The Morgan fingerprint density at radius 2 is 1.61 bits per heavy atom. The van der Waals surface area contributed by atoms with Gasteiger partial charge in [0.2, 0.25) is 0 Å². The Labute approximate surface area is 208 Å². The summed E-state index contributed by atoms with van der Waals surface area (Å²) in [4.78, 5) is 15.7. The number of nitrogens with zero attached hydrogens (tertiary/aromatic N) is 1. The molecule has 1 heterocycles. The predicted molar refractivity (Wildman–Crippen MR) is 124 cm³/mol. The molecule has 2 N–H and O–H groups in total. The van der Waals surface area contributed by atoms with E-state index in [4.69, 9.17) is 0 Å². The number of rotatable bonds is 12. The number of carbonyl (C=O) groups excluding carboxylic acids is 1. The zero-order chi connectivity index (χ0) is 22.9. The van der Waals surface area contributed by atoms with E-state index in [0.29, 0.717) is 11.3 Å². The molecule has 33 heavy (non-hydrogen) atoms. The van der Waals surface area contributed by atoms with Crippen LogP contribution >= 0.6 is 0 Å². The molecule has 0 bridgehead atoms. The number of carbonyl (C=O) groups is 1. The second-order valence-corrected chi connectivity index (χ2v) is 8.46. The van der Waals surface area contributed by atoms with E-state index >= 15 is 0 Å². The topological polar surface area (TPSA) is 93.5 Å². The van der Waals surface area contributed by atoms with Crippen LogP contribution in [0.4, 0.5) is 0 Å². The van der Waals surface area contributed by atoms with Crippen molar-refractivity contribution in [3.63, 3.8) is 0 Å². The van der Waals surface area contributed by atoms with Gasteiger partial charge in [0.05, 0.1) is 23.7 Å². The van der Waals surface area contributed by atoms with Gasteiger partial charge in [-0.1, -0.05) is 81.8 Å². The summed E-state index contributed by atoms with van der Waals surface area (Å²) >= 11 is 0. The number of pyridine rings is 1. The molecule has 3 aromatic rings. The van der Waals surface area contributed by atoms with E-state index < -0.39 is 18.2 Å². The molecule has 6 heteroatoms. The van der Waals surface area contributed by atoms with Gasteiger partial charge < -0.3 is 20.1 Å². The van der Waals surface area contributed by atoms with E-state index in [1.807, 2.05) is 30.3 Å². The minimum absolute atomic E-state index is 0. The molecular weight excluding hydrogens is 409 g/mol. The minimum atomic E-state index is -1.27. The molecule has 0 fully saturated rings. The fourth-order valence-corrected chi connectivity index (χ4v) is 3.97. The van der Waals surface area contributed by atoms with E-state index in [2.05, 4.69) is 11.9 Å². The maximum atomic E-state index is 11.1. The SMILES string of the molecule is CCCCCCCCC(O)c1ccc2ccc(CC(O)c3cccc(C(=O)[O-])c3)nc2c1.[Li+]. The van der Waals surface area contributed by atoms with E-state index in [-0.39, 0.29) is 30.8 Å². The van der Waals surface area contributed by atoms with Crippen molar-refractivity contribution in [3.05, 3.63) is 77.0 Å². The second-order valence-electron chi connectivity index (χ2n) is 8.46. The summed E-state index contributed by atoms with van der Waals surface area (Å²) in [6, 6.07) is 15.8. The zero-order valence-electron chi connectivity index (χ0n) is 19.7. The summed E-state index contributed by atoms with van der Waals surface area (Å²) in [5.74, 6) is -1.27. The van der Waals surface area contributed by atoms with Crippen molar-refractivity contribution in [2.45, 2.75) is 70.5 Å². The third kappa shape index (κ3) is 7.98. The summed E-state index contributed by atoms with van der Waals surface area (Å²) in [6.07, 6.45) is 6.76. The first-order chi connectivity index (χ1) is 15.5. The van der Waals surface area contributed by atoms with Crippen LogP contribution in [0.3, 0.4) is 0 Å². The van der Waals surface area contributed by atoms with Crippen molar-refractivity contribution in [2.75, 3.05) is 0 Å². The number of carboxylic acids is 1. The van der Waals surface area contributed by atoms with Crippen molar-refractivity contribution in [3.8, 4) is 0 Å². The van der Waals surface area contributed by atoms with Crippen molar-refractivity contribution in [2.24, 2.45) is 0 Å². The molecule has 0 saturated heterocycles. The number of hydrogen-bond donors (Lipinski definition) is 2. The van der Waals surface area contributed by atoms with Crippen LogP contribution in [0.15, 0.2) is 54.6 Å². The van der Waals surface area contributed by atoms with Crippen LogP contribution in [-0.2, 0) is 6.42 Å². The largest absolute Gasteiger partial charge is 1.00 e. The molecule has 0 aliphatic heterocycles. The molecule has 0 radical (unpaired) electrons. The van der Waals surface area contributed by atoms with Gasteiger partial charge in [-0.2, -0.15) is 0 Å². The Morgan fingerprint density at radius 1 is 0.909 bits per heavy atom. The molecular formula is C27H32LiNO4. The van der Waals surface area contributed by atoms with E-state index in [1.54, 1.807) is 12.1 Å². The summed E-state index contributed by atoms with van der Waals surface area (Å²) in [6.45, 7) is 2.21. The number of aliphatic hydroxyl groups excluding tert-OH is 2. The van der Waals surface area contributed by atoms with Crippen molar-refractivity contribution in [1.29, 1.82) is 0 Å². The molecule has 2 atom stereocenters. The van der Waals surface area contributed by atoms with E-state index in [9.17, 15) is 20.1 Å². The van der Waals surface area contributed by atoms with Gasteiger partial charge in [-0.15, -0.1) is 0 Å². The van der Waals surface area contributed by atoms with E-state index in [0.717, 1.165) is 35.7 Å². The number of carboxylic acid groups (broad SMARTS) is 1. The molecule has 2 aromatic carbocycles. The molecule has 2 unspecified atom stereocenters. The van der Waals surface area contributed by atoms with Crippen LogP contribution in [-0.4, -0.2) is 21.2 Å². The first-order valence-corrected chi connectivity index (χ1v) is 11.5. The summed E-state index contributed by atoms with van der Waals surface area (Å²) in [5, 5.41) is 33.2. The average molecular weight is 441 g/mol. The molecule has 0 amide bonds. The molecule has 0 aliphatic carbocycles. The molecule has 0 spiro atoms. The summed E-state index contributed by atoms with van der Waals surface area (Å²) in [5.41, 5.74) is 2.88. The quantitative estimate of drug-likeness (QED) is 0.329. The monoisotopic (exact) mass is 441 g/mol. The first kappa shape index (κ1) is 27.1. The Hall–Kier alpha value is -2.16. The number of unbranched alkanes of at least 4 members (excludes halogenated alkanes) is 5.